The fraction of sp³-hybridized carbons (Fsp3) is 0.421. The monoisotopic (exact) mass is 375 g/mol. The molecule has 0 aliphatic heterocycles. The number of hydrogen-bond acceptors (Lipinski definition) is 4. The molecular weight excluding hydrogens is 353 g/mol. The van der Waals surface area contributed by atoms with E-state index >= 15 is 0 Å². The largest absolute Gasteiger partial charge is 0.326 e. The highest BCUT2D eigenvalue weighted by Crippen LogP contribution is 2.20. The Morgan fingerprint density at radius 3 is 2.96 bits per heavy atom. The standard InChI is InChI=1S/C19H22FN3O2S/c1-12-11-13(8-9-15(12)20)21-17(24)7-4-10-26-19-22-16-6-3-2-5-14(16)18(25)23-19/h8-9,11H,2-7,10H2,1H3,(H,21,24)(H,22,23,25). The van der Waals surface area contributed by atoms with Crippen LogP contribution in [0.3, 0.4) is 0 Å². The number of nitrogens with zero attached hydrogens (tertiary/aromatic N) is 1. The number of amides is 1. The first kappa shape index (κ1) is 18.6. The number of benzene rings is 1. The average Bonchev–Trinajstić information content (AvgIpc) is 2.62. The van der Waals surface area contributed by atoms with E-state index in [0.29, 0.717) is 35.0 Å². The van der Waals surface area contributed by atoms with E-state index in [1.165, 1.54) is 17.8 Å². The second kappa shape index (κ2) is 8.49. The van der Waals surface area contributed by atoms with Gasteiger partial charge in [-0.1, -0.05) is 11.8 Å². The molecule has 0 atom stereocenters. The highest BCUT2D eigenvalue weighted by molar-refractivity contribution is 7.99. The van der Waals surface area contributed by atoms with Crippen molar-refractivity contribution in [2.75, 3.05) is 11.1 Å². The normalized spacial score (nSPS) is 13.3. The van der Waals surface area contributed by atoms with Gasteiger partial charge in [0.2, 0.25) is 5.91 Å². The second-order valence-corrected chi connectivity index (χ2v) is 7.55. The maximum Gasteiger partial charge on any atom is 0.254 e. The topological polar surface area (TPSA) is 74.8 Å². The van der Waals surface area contributed by atoms with Crippen molar-refractivity contribution in [3.05, 3.63) is 51.2 Å². The molecule has 0 saturated carbocycles. The van der Waals surface area contributed by atoms with Crippen LogP contribution in [-0.4, -0.2) is 21.6 Å². The molecule has 1 aromatic carbocycles. The lowest BCUT2D eigenvalue weighted by Crippen LogP contribution is -2.21. The quantitative estimate of drug-likeness (QED) is 0.459. The highest BCUT2D eigenvalue weighted by atomic mass is 32.2. The Labute approximate surface area is 155 Å². The Balaban J connectivity index is 1.46. The van der Waals surface area contributed by atoms with Crippen LogP contribution in [0.5, 0.6) is 0 Å². The lowest BCUT2D eigenvalue weighted by atomic mass is 9.97. The number of carbonyl (C=O) groups is 1. The molecule has 7 heteroatoms. The van der Waals surface area contributed by atoms with E-state index in [-0.39, 0.29) is 17.3 Å². The van der Waals surface area contributed by atoms with E-state index in [2.05, 4.69) is 15.3 Å². The molecule has 0 unspecified atom stereocenters. The number of aromatic amines is 1. The Morgan fingerprint density at radius 2 is 2.15 bits per heavy atom. The molecule has 2 N–H and O–H groups in total. The van der Waals surface area contributed by atoms with Crippen molar-refractivity contribution in [2.45, 2.75) is 50.6 Å². The number of anilines is 1. The molecule has 0 bridgehead atoms. The van der Waals surface area contributed by atoms with E-state index in [9.17, 15) is 14.0 Å². The summed E-state index contributed by atoms with van der Waals surface area (Å²) in [6.45, 7) is 1.66. The molecule has 3 rings (SSSR count). The van der Waals surface area contributed by atoms with Crippen LogP contribution in [0.2, 0.25) is 0 Å². The van der Waals surface area contributed by atoms with E-state index in [1.54, 1.807) is 19.1 Å². The zero-order chi connectivity index (χ0) is 18.5. The van der Waals surface area contributed by atoms with Crippen LogP contribution in [0.15, 0.2) is 28.2 Å². The zero-order valence-electron chi connectivity index (χ0n) is 14.7. The van der Waals surface area contributed by atoms with Gasteiger partial charge in [-0.3, -0.25) is 9.59 Å². The number of halogens is 1. The van der Waals surface area contributed by atoms with Crippen molar-refractivity contribution in [1.29, 1.82) is 0 Å². The third-order valence-corrected chi connectivity index (χ3v) is 5.36. The molecule has 2 aromatic rings. The van der Waals surface area contributed by atoms with Gasteiger partial charge in [0.05, 0.1) is 5.69 Å². The van der Waals surface area contributed by atoms with Crippen LogP contribution in [0.25, 0.3) is 0 Å². The van der Waals surface area contributed by atoms with Crippen LogP contribution >= 0.6 is 11.8 Å². The van der Waals surface area contributed by atoms with Gasteiger partial charge in [-0.15, -0.1) is 0 Å². The number of rotatable bonds is 6. The van der Waals surface area contributed by atoms with Crippen molar-refractivity contribution in [2.24, 2.45) is 0 Å². The number of carbonyl (C=O) groups excluding carboxylic acids is 1. The second-order valence-electron chi connectivity index (χ2n) is 6.47. The molecule has 26 heavy (non-hydrogen) atoms. The number of fused-ring (bicyclic) bond motifs is 1. The Bertz CT molecular complexity index is 866. The van der Waals surface area contributed by atoms with Crippen molar-refractivity contribution in [3.8, 4) is 0 Å². The minimum absolute atomic E-state index is 0.0263. The molecule has 5 nitrogen and oxygen atoms in total. The SMILES string of the molecule is Cc1cc(NC(=O)CCCSc2nc3c(c(=O)[nH]2)CCCC3)ccc1F. The van der Waals surface area contributed by atoms with Gasteiger partial charge in [-0.05, 0) is 62.8 Å². The van der Waals surface area contributed by atoms with Crippen LogP contribution in [-0.2, 0) is 17.6 Å². The average molecular weight is 375 g/mol. The first-order valence-corrected chi connectivity index (χ1v) is 9.82. The summed E-state index contributed by atoms with van der Waals surface area (Å²) in [7, 11) is 0. The minimum Gasteiger partial charge on any atom is -0.326 e. The summed E-state index contributed by atoms with van der Waals surface area (Å²) in [5.41, 5.74) is 2.83. The Morgan fingerprint density at radius 1 is 1.35 bits per heavy atom. The number of thioether (sulfide) groups is 1. The molecule has 0 fully saturated rings. The summed E-state index contributed by atoms with van der Waals surface area (Å²) in [5.74, 6) is 0.298. The molecule has 0 spiro atoms. The Hall–Kier alpha value is -2.15. The van der Waals surface area contributed by atoms with E-state index in [1.807, 2.05) is 0 Å². The van der Waals surface area contributed by atoms with Crippen molar-refractivity contribution >= 4 is 23.4 Å². The molecule has 0 radical (unpaired) electrons. The number of aromatic nitrogens is 2. The van der Waals surface area contributed by atoms with Gasteiger partial charge in [0.25, 0.3) is 5.56 Å². The minimum atomic E-state index is -0.286. The summed E-state index contributed by atoms with van der Waals surface area (Å²) in [6.07, 6.45) is 4.83. The fourth-order valence-corrected chi connectivity index (χ4v) is 3.82. The summed E-state index contributed by atoms with van der Waals surface area (Å²) in [5, 5.41) is 3.40. The van der Waals surface area contributed by atoms with Gasteiger partial charge in [0.1, 0.15) is 5.82 Å². The maximum atomic E-state index is 13.2. The molecule has 1 aromatic heterocycles. The van der Waals surface area contributed by atoms with E-state index in [4.69, 9.17) is 0 Å². The van der Waals surface area contributed by atoms with Crippen LogP contribution in [0.4, 0.5) is 10.1 Å². The summed E-state index contributed by atoms with van der Waals surface area (Å²) >= 11 is 1.46. The molecule has 1 aliphatic rings. The van der Waals surface area contributed by atoms with Crippen LogP contribution in [0.1, 0.15) is 42.5 Å². The third kappa shape index (κ3) is 4.72. The van der Waals surface area contributed by atoms with Gasteiger partial charge < -0.3 is 10.3 Å². The van der Waals surface area contributed by atoms with Gasteiger partial charge in [0, 0.05) is 23.4 Å². The number of H-pyrrole nitrogens is 1. The number of nitrogens with one attached hydrogen (secondary N) is 2. The van der Waals surface area contributed by atoms with Crippen molar-refractivity contribution in [3.63, 3.8) is 0 Å². The van der Waals surface area contributed by atoms with Gasteiger partial charge in [-0.2, -0.15) is 0 Å². The predicted octanol–water partition coefficient (Wildman–Crippen LogP) is 3.61. The fourth-order valence-electron chi connectivity index (χ4n) is 3.00. The molecule has 1 amide bonds. The van der Waals surface area contributed by atoms with Crippen LogP contribution < -0.4 is 10.9 Å². The summed E-state index contributed by atoms with van der Waals surface area (Å²) < 4.78 is 13.2. The lowest BCUT2D eigenvalue weighted by Gasteiger charge is -2.14. The molecule has 138 valence electrons. The zero-order valence-corrected chi connectivity index (χ0v) is 15.5. The van der Waals surface area contributed by atoms with Gasteiger partial charge >= 0.3 is 0 Å². The maximum absolute atomic E-state index is 13.2. The summed E-state index contributed by atoms with van der Waals surface area (Å²) in [6, 6.07) is 4.51. The predicted molar refractivity (Wildman–Crippen MR) is 101 cm³/mol. The van der Waals surface area contributed by atoms with Crippen molar-refractivity contribution < 1.29 is 9.18 Å². The van der Waals surface area contributed by atoms with E-state index in [0.717, 1.165) is 36.9 Å². The number of hydrogen-bond donors (Lipinski definition) is 2. The molecule has 0 saturated heterocycles. The van der Waals surface area contributed by atoms with Crippen LogP contribution in [0, 0.1) is 12.7 Å². The highest BCUT2D eigenvalue weighted by Gasteiger charge is 2.15. The van der Waals surface area contributed by atoms with Gasteiger partial charge in [0.15, 0.2) is 5.16 Å². The molecule has 1 aliphatic carbocycles. The summed E-state index contributed by atoms with van der Waals surface area (Å²) in [4.78, 5) is 31.4. The number of aryl methyl sites for hydroxylation is 2. The third-order valence-electron chi connectivity index (χ3n) is 4.40. The lowest BCUT2D eigenvalue weighted by molar-refractivity contribution is -0.116. The first-order valence-electron chi connectivity index (χ1n) is 8.84. The van der Waals surface area contributed by atoms with Crippen molar-refractivity contribution in [1.82, 2.24) is 9.97 Å². The smallest absolute Gasteiger partial charge is 0.254 e. The van der Waals surface area contributed by atoms with E-state index < -0.39 is 0 Å². The molecule has 1 heterocycles. The van der Waals surface area contributed by atoms with Gasteiger partial charge in [-0.25, -0.2) is 9.37 Å². The first-order chi connectivity index (χ1) is 12.5. The molecular formula is C19H22FN3O2S. The Kier molecular flexibility index (Phi) is 6.08.